The molecular formula is C19H25N3O3. The van der Waals surface area contributed by atoms with Gasteiger partial charge < -0.3 is 15.2 Å². The second-order valence-electron chi connectivity index (χ2n) is 7.70. The van der Waals surface area contributed by atoms with E-state index in [0.717, 1.165) is 28.3 Å². The molecule has 6 heteroatoms. The van der Waals surface area contributed by atoms with E-state index in [2.05, 4.69) is 0 Å². The molecule has 0 radical (unpaired) electrons. The monoisotopic (exact) mass is 343 g/mol. The molecule has 2 heterocycles. The third-order valence-corrected chi connectivity index (χ3v) is 4.83. The molecule has 1 aromatic carbocycles. The highest BCUT2D eigenvalue weighted by molar-refractivity contribution is 5.80. The van der Waals surface area contributed by atoms with Crippen LogP contribution in [0.15, 0.2) is 41.5 Å². The number of carboxylic acid groups (broad SMARTS) is 1. The Kier molecular flexibility index (Phi) is 4.45. The van der Waals surface area contributed by atoms with E-state index in [9.17, 15) is 15.1 Å². The fourth-order valence-corrected chi connectivity index (χ4v) is 3.85. The van der Waals surface area contributed by atoms with Crippen molar-refractivity contribution in [1.29, 1.82) is 0 Å². The van der Waals surface area contributed by atoms with Gasteiger partial charge in [0.2, 0.25) is 0 Å². The van der Waals surface area contributed by atoms with Crippen LogP contribution in [0.3, 0.4) is 0 Å². The molecule has 0 spiro atoms. The first-order valence-corrected chi connectivity index (χ1v) is 8.62. The smallest absolute Gasteiger partial charge is 0.407 e. The maximum Gasteiger partial charge on any atom is 0.407 e. The van der Waals surface area contributed by atoms with Gasteiger partial charge in [-0.1, -0.05) is 45.0 Å². The van der Waals surface area contributed by atoms with Crippen molar-refractivity contribution in [1.82, 2.24) is 9.63 Å². The number of fused-ring (bicyclic) bond motifs is 1. The minimum atomic E-state index is -0.908. The lowest BCUT2D eigenvalue weighted by atomic mass is 9.78. The number of benzene rings is 1. The summed E-state index contributed by atoms with van der Waals surface area (Å²) in [6.45, 7) is 6.64. The van der Waals surface area contributed by atoms with Crippen LogP contribution >= 0.6 is 0 Å². The minimum absolute atomic E-state index is 0.200. The highest BCUT2D eigenvalue weighted by Gasteiger charge is 2.41. The van der Waals surface area contributed by atoms with Gasteiger partial charge in [-0.3, -0.25) is 4.99 Å². The van der Waals surface area contributed by atoms with Gasteiger partial charge in [0.05, 0.1) is 12.1 Å². The first-order valence-electron chi connectivity index (χ1n) is 8.62. The van der Waals surface area contributed by atoms with E-state index in [1.54, 1.807) is 6.20 Å². The molecule has 134 valence electrons. The van der Waals surface area contributed by atoms with Crippen LogP contribution in [-0.2, 0) is 0 Å². The zero-order valence-electron chi connectivity index (χ0n) is 14.9. The number of nitrogens with zero attached hydrogens (tertiary/aromatic N) is 3. The quantitative estimate of drug-likeness (QED) is 0.780. The number of rotatable bonds is 1. The molecule has 1 aromatic heterocycles. The summed E-state index contributed by atoms with van der Waals surface area (Å²) in [6, 6.07) is 9.14. The molecule has 0 aliphatic carbocycles. The van der Waals surface area contributed by atoms with Crippen molar-refractivity contribution < 1.29 is 15.1 Å². The number of aromatic nitrogens is 1. The van der Waals surface area contributed by atoms with E-state index < -0.39 is 6.09 Å². The van der Waals surface area contributed by atoms with Crippen LogP contribution in [-0.4, -0.2) is 44.7 Å². The van der Waals surface area contributed by atoms with E-state index in [1.807, 2.05) is 51.1 Å². The second kappa shape index (κ2) is 6.43. The van der Waals surface area contributed by atoms with Crippen LogP contribution < -0.4 is 5.49 Å². The molecule has 6 nitrogen and oxygen atoms in total. The Morgan fingerprint density at radius 1 is 1.24 bits per heavy atom. The molecule has 1 unspecified atom stereocenters. The molecule has 1 aliphatic rings. The van der Waals surface area contributed by atoms with E-state index in [1.165, 1.54) is 4.90 Å². The van der Waals surface area contributed by atoms with Crippen molar-refractivity contribution in [2.45, 2.75) is 45.7 Å². The molecule has 1 saturated heterocycles. The van der Waals surface area contributed by atoms with E-state index in [4.69, 9.17) is 4.99 Å². The van der Waals surface area contributed by atoms with Crippen LogP contribution in [0.2, 0.25) is 0 Å². The predicted octanol–water partition coefficient (Wildman–Crippen LogP) is 3.34. The number of pyridine rings is 1. The Hall–Kier alpha value is -2.50. The highest BCUT2D eigenvalue weighted by atomic mass is 16.5. The van der Waals surface area contributed by atoms with Gasteiger partial charge in [0.1, 0.15) is 0 Å². The normalized spacial score (nSPS) is 22.4. The third kappa shape index (κ3) is 3.34. The first-order chi connectivity index (χ1) is 11.8. The summed E-state index contributed by atoms with van der Waals surface area (Å²) in [7, 11) is 0. The number of carbonyl (C=O) groups is 1. The molecule has 2 N–H and O–H groups in total. The SMILES string of the molecule is CC(C)(C)C1[C@H](N=c2c3ccccc3ccn2O)CCCN1C(=O)O. The Bertz CT molecular complexity index is 851. The van der Waals surface area contributed by atoms with Crippen molar-refractivity contribution in [3.63, 3.8) is 0 Å². The van der Waals surface area contributed by atoms with Crippen molar-refractivity contribution in [3.8, 4) is 0 Å². The summed E-state index contributed by atoms with van der Waals surface area (Å²) >= 11 is 0. The lowest BCUT2D eigenvalue weighted by molar-refractivity contribution is 0.0461. The minimum Gasteiger partial charge on any atom is -0.465 e. The van der Waals surface area contributed by atoms with E-state index >= 15 is 0 Å². The van der Waals surface area contributed by atoms with Crippen molar-refractivity contribution in [2.24, 2.45) is 10.4 Å². The average Bonchev–Trinajstić information content (AvgIpc) is 2.56. The first kappa shape index (κ1) is 17.3. The van der Waals surface area contributed by atoms with Crippen molar-refractivity contribution >= 4 is 16.9 Å². The molecule has 1 amide bonds. The molecule has 1 fully saturated rings. The van der Waals surface area contributed by atoms with E-state index in [-0.39, 0.29) is 17.5 Å². The van der Waals surface area contributed by atoms with Crippen LogP contribution in [0.4, 0.5) is 4.79 Å². The fourth-order valence-electron chi connectivity index (χ4n) is 3.85. The highest BCUT2D eigenvalue weighted by Crippen LogP contribution is 2.33. The largest absolute Gasteiger partial charge is 0.465 e. The number of hydrogen-bond donors (Lipinski definition) is 2. The Labute approximate surface area is 147 Å². The van der Waals surface area contributed by atoms with Gasteiger partial charge in [0.25, 0.3) is 0 Å². The standard InChI is InChI=1S/C19H25N3O3/c1-19(2,3)16-15(9-6-11-21(16)18(23)24)20-17-14-8-5-4-7-13(14)10-12-22(17)25/h4-5,7-8,10,12,15-16,25H,6,9,11H2,1-3H3,(H,23,24)/t15-,16?/m1/s1. The van der Waals surface area contributed by atoms with Gasteiger partial charge in [0.15, 0.2) is 5.49 Å². The van der Waals surface area contributed by atoms with Gasteiger partial charge in [0, 0.05) is 18.1 Å². The summed E-state index contributed by atoms with van der Waals surface area (Å²) < 4.78 is 1.03. The fraction of sp³-hybridized carbons (Fsp3) is 0.474. The van der Waals surface area contributed by atoms with Crippen LogP contribution in [0.5, 0.6) is 0 Å². The molecule has 0 saturated carbocycles. The lowest BCUT2D eigenvalue weighted by Crippen LogP contribution is -2.56. The zero-order chi connectivity index (χ0) is 18.2. The summed E-state index contributed by atoms with van der Waals surface area (Å²) in [6.07, 6.45) is 2.23. The van der Waals surface area contributed by atoms with Gasteiger partial charge >= 0.3 is 6.09 Å². The molecule has 0 bridgehead atoms. The van der Waals surface area contributed by atoms with Gasteiger partial charge in [-0.05, 0) is 29.7 Å². The molecule has 2 aromatic rings. The summed E-state index contributed by atoms with van der Waals surface area (Å²) in [5.74, 6) is 0. The van der Waals surface area contributed by atoms with Gasteiger partial charge in [-0.2, -0.15) is 4.73 Å². The maximum absolute atomic E-state index is 11.7. The molecule has 3 rings (SSSR count). The van der Waals surface area contributed by atoms with E-state index in [0.29, 0.717) is 12.0 Å². The number of piperidine rings is 1. The zero-order valence-corrected chi connectivity index (χ0v) is 14.9. The summed E-state index contributed by atoms with van der Waals surface area (Å²) in [4.78, 5) is 18.1. The predicted molar refractivity (Wildman–Crippen MR) is 95.7 cm³/mol. The van der Waals surface area contributed by atoms with Crippen LogP contribution in [0.1, 0.15) is 33.6 Å². The Morgan fingerprint density at radius 3 is 2.64 bits per heavy atom. The second-order valence-corrected chi connectivity index (χ2v) is 7.70. The Balaban J connectivity index is 2.16. The average molecular weight is 343 g/mol. The number of likely N-dealkylation sites (tertiary alicyclic amines) is 1. The third-order valence-electron chi connectivity index (χ3n) is 4.83. The molecule has 1 aliphatic heterocycles. The van der Waals surface area contributed by atoms with Crippen molar-refractivity contribution in [2.75, 3.05) is 6.54 Å². The van der Waals surface area contributed by atoms with Gasteiger partial charge in [-0.25, -0.2) is 4.79 Å². The molecule has 2 atom stereocenters. The molecular weight excluding hydrogens is 318 g/mol. The summed E-state index contributed by atoms with van der Waals surface area (Å²) in [5.41, 5.74) is 0.224. The van der Waals surface area contributed by atoms with Crippen LogP contribution in [0.25, 0.3) is 10.8 Å². The number of amides is 1. The van der Waals surface area contributed by atoms with Crippen LogP contribution in [0, 0.1) is 5.41 Å². The summed E-state index contributed by atoms with van der Waals surface area (Å²) in [5, 5.41) is 21.8. The molecule has 25 heavy (non-hydrogen) atoms. The lowest BCUT2D eigenvalue weighted by Gasteiger charge is -2.45. The topological polar surface area (TPSA) is 78.1 Å². The Morgan fingerprint density at radius 2 is 1.96 bits per heavy atom. The van der Waals surface area contributed by atoms with Gasteiger partial charge in [-0.15, -0.1) is 0 Å². The number of hydrogen-bond acceptors (Lipinski definition) is 3. The maximum atomic E-state index is 11.7. The van der Waals surface area contributed by atoms with Crippen molar-refractivity contribution in [3.05, 3.63) is 42.0 Å².